The Morgan fingerprint density at radius 1 is 1.10 bits per heavy atom. The minimum Gasteiger partial charge on any atom is -0.496 e. The molecule has 0 bridgehead atoms. The van der Waals surface area contributed by atoms with E-state index >= 15 is 0 Å². The Labute approximate surface area is 123 Å². The van der Waals surface area contributed by atoms with Gasteiger partial charge in [0.2, 0.25) is 0 Å². The summed E-state index contributed by atoms with van der Waals surface area (Å²) in [5, 5.41) is 11.1. The second kappa shape index (κ2) is 5.73. The summed E-state index contributed by atoms with van der Waals surface area (Å²) in [5.41, 5.74) is 9.82. The molecular formula is C16H18ClNO2. The number of aliphatic hydroxyl groups excluding tert-OH is 1. The average Bonchev–Trinajstić information content (AvgIpc) is 2.40. The van der Waals surface area contributed by atoms with Crippen LogP contribution >= 0.6 is 11.6 Å². The number of nitrogens with two attached hydrogens (primary N) is 1. The molecule has 0 amide bonds. The van der Waals surface area contributed by atoms with E-state index in [4.69, 9.17) is 22.1 Å². The number of ether oxygens (including phenoxy) is 1. The Kier molecular flexibility index (Phi) is 4.21. The van der Waals surface area contributed by atoms with E-state index in [1.807, 2.05) is 26.0 Å². The molecule has 2 aromatic rings. The van der Waals surface area contributed by atoms with Crippen molar-refractivity contribution in [1.29, 1.82) is 0 Å². The average molecular weight is 292 g/mol. The van der Waals surface area contributed by atoms with Gasteiger partial charge >= 0.3 is 0 Å². The Hall–Kier alpha value is -1.71. The van der Waals surface area contributed by atoms with E-state index in [1.165, 1.54) is 0 Å². The molecule has 0 spiro atoms. The Balaban J connectivity index is 2.48. The topological polar surface area (TPSA) is 55.5 Å². The van der Waals surface area contributed by atoms with Crippen molar-refractivity contribution >= 4 is 17.3 Å². The quantitative estimate of drug-likeness (QED) is 0.849. The van der Waals surface area contributed by atoms with Crippen molar-refractivity contribution in [2.45, 2.75) is 20.0 Å². The van der Waals surface area contributed by atoms with Gasteiger partial charge in [0.05, 0.1) is 7.11 Å². The van der Waals surface area contributed by atoms with Crippen molar-refractivity contribution in [3.63, 3.8) is 0 Å². The van der Waals surface area contributed by atoms with E-state index in [0.717, 1.165) is 22.4 Å². The largest absolute Gasteiger partial charge is 0.496 e. The predicted octanol–water partition coefficient (Wildman–Crippen LogP) is 3.63. The highest BCUT2D eigenvalue weighted by molar-refractivity contribution is 6.30. The molecular weight excluding hydrogens is 274 g/mol. The summed E-state index contributed by atoms with van der Waals surface area (Å²) in [5.74, 6) is 0.808. The fourth-order valence-corrected chi connectivity index (χ4v) is 2.47. The lowest BCUT2D eigenvalue weighted by Gasteiger charge is -2.18. The van der Waals surface area contributed by atoms with Gasteiger partial charge in [-0.05, 0) is 54.8 Å². The van der Waals surface area contributed by atoms with Gasteiger partial charge in [-0.15, -0.1) is 0 Å². The van der Waals surface area contributed by atoms with Crippen LogP contribution in [0.1, 0.15) is 28.4 Å². The summed E-state index contributed by atoms with van der Waals surface area (Å²) < 4.78 is 5.28. The van der Waals surface area contributed by atoms with Gasteiger partial charge in [-0.3, -0.25) is 0 Å². The normalized spacial score (nSPS) is 12.2. The molecule has 3 N–H and O–H groups in total. The Bertz CT molecular complexity index is 641. The molecule has 0 aliphatic rings. The number of hydrogen-bond acceptors (Lipinski definition) is 3. The van der Waals surface area contributed by atoms with Crippen LogP contribution in [0.2, 0.25) is 5.02 Å². The summed E-state index contributed by atoms with van der Waals surface area (Å²) in [4.78, 5) is 0. The molecule has 0 saturated heterocycles. The number of aryl methyl sites for hydroxylation is 2. The fourth-order valence-electron chi connectivity index (χ4n) is 2.29. The van der Waals surface area contributed by atoms with E-state index in [-0.39, 0.29) is 0 Å². The first-order valence-corrected chi connectivity index (χ1v) is 6.70. The number of anilines is 1. The molecule has 4 heteroatoms. The summed E-state index contributed by atoms with van der Waals surface area (Å²) in [6.07, 6.45) is -0.781. The van der Waals surface area contributed by atoms with Gasteiger partial charge in [0.1, 0.15) is 11.9 Å². The maximum absolute atomic E-state index is 10.6. The van der Waals surface area contributed by atoms with Crippen LogP contribution in [-0.4, -0.2) is 12.2 Å². The van der Waals surface area contributed by atoms with Crippen LogP contribution in [0.15, 0.2) is 30.3 Å². The number of benzene rings is 2. The number of halogens is 1. The molecule has 20 heavy (non-hydrogen) atoms. The minimum atomic E-state index is -0.781. The summed E-state index contributed by atoms with van der Waals surface area (Å²) in [6, 6.07) is 8.96. The molecule has 0 heterocycles. The molecule has 2 aromatic carbocycles. The van der Waals surface area contributed by atoms with Crippen LogP contribution in [0.3, 0.4) is 0 Å². The van der Waals surface area contributed by atoms with Gasteiger partial charge in [0.15, 0.2) is 0 Å². The Morgan fingerprint density at radius 2 is 1.80 bits per heavy atom. The third-order valence-electron chi connectivity index (χ3n) is 3.42. The highest BCUT2D eigenvalue weighted by Crippen LogP contribution is 2.33. The third kappa shape index (κ3) is 2.74. The lowest BCUT2D eigenvalue weighted by molar-refractivity contribution is 0.220. The summed E-state index contributed by atoms with van der Waals surface area (Å²) in [7, 11) is 1.63. The number of methoxy groups -OCH3 is 1. The number of aliphatic hydroxyl groups is 1. The van der Waals surface area contributed by atoms with Crippen LogP contribution in [0.25, 0.3) is 0 Å². The van der Waals surface area contributed by atoms with Crippen molar-refractivity contribution in [3.8, 4) is 5.75 Å². The first-order chi connectivity index (χ1) is 9.43. The third-order valence-corrected chi connectivity index (χ3v) is 3.66. The highest BCUT2D eigenvalue weighted by Gasteiger charge is 2.17. The molecule has 0 aliphatic carbocycles. The fraction of sp³-hybridized carbons (Fsp3) is 0.250. The Morgan fingerprint density at radius 3 is 2.40 bits per heavy atom. The maximum atomic E-state index is 10.6. The zero-order chi connectivity index (χ0) is 14.9. The molecule has 1 unspecified atom stereocenters. The summed E-state index contributed by atoms with van der Waals surface area (Å²) >= 11 is 5.89. The smallest absolute Gasteiger partial charge is 0.122 e. The standard InChI is InChI=1S/C16H18ClNO2/c1-9-7-15(20-3)10(2)6-13(9)16(19)12-5-4-11(17)8-14(12)18/h4-8,16,19H,18H2,1-3H3. The SMILES string of the molecule is COc1cc(C)c(C(O)c2ccc(Cl)cc2N)cc1C. The lowest BCUT2D eigenvalue weighted by Crippen LogP contribution is -2.06. The monoisotopic (exact) mass is 291 g/mol. The zero-order valence-corrected chi connectivity index (χ0v) is 12.5. The number of nitrogen functional groups attached to an aromatic ring is 1. The summed E-state index contributed by atoms with van der Waals surface area (Å²) in [6.45, 7) is 3.88. The molecule has 0 saturated carbocycles. The van der Waals surface area contributed by atoms with Gasteiger partial charge < -0.3 is 15.6 Å². The van der Waals surface area contributed by atoms with Crippen LogP contribution in [-0.2, 0) is 0 Å². The molecule has 0 radical (unpaired) electrons. The van der Waals surface area contributed by atoms with Crippen LogP contribution in [0.4, 0.5) is 5.69 Å². The molecule has 106 valence electrons. The second-order valence-electron chi connectivity index (χ2n) is 4.85. The van der Waals surface area contributed by atoms with Crippen molar-refractivity contribution in [2.24, 2.45) is 0 Å². The minimum absolute atomic E-state index is 0.484. The van der Waals surface area contributed by atoms with E-state index in [0.29, 0.717) is 16.3 Å². The van der Waals surface area contributed by atoms with Gasteiger partial charge in [0.25, 0.3) is 0 Å². The van der Waals surface area contributed by atoms with Gasteiger partial charge in [-0.2, -0.15) is 0 Å². The van der Waals surface area contributed by atoms with Crippen LogP contribution in [0, 0.1) is 13.8 Å². The zero-order valence-electron chi connectivity index (χ0n) is 11.8. The van der Waals surface area contributed by atoms with Gasteiger partial charge in [0, 0.05) is 16.3 Å². The van der Waals surface area contributed by atoms with E-state index in [9.17, 15) is 5.11 Å². The molecule has 0 aromatic heterocycles. The van der Waals surface area contributed by atoms with Gasteiger partial charge in [-0.25, -0.2) is 0 Å². The molecule has 0 aliphatic heterocycles. The maximum Gasteiger partial charge on any atom is 0.122 e. The molecule has 2 rings (SSSR count). The first kappa shape index (κ1) is 14.7. The van der Waals surface area contributed by atoms with Crippen molar-refractivity contribution < 1.29 is 9.84 Å². The molecule has 3 nitrogen and oxygen atoms in total. The second-order valence-corrected chi connectivity index (χ2v) is 5.29. The van der Waals surface area contributed by atoms with E-state index in [1.54, 1.807) is 25.3 Å². The molecule has 1 atom stereocenters. The highest BCUT2D eigenvalue weighted by atomic mass is 35.5. The van der Waals surface area contributed by atoms with E-state index in [2.05, 4.69) is 0 Å². The van der Waals surface area contributed by atoms with Crippen LogP contribution < -0.4 is 10.5 Å². The van der Waals surface area contributed by atoms with Crippen molar-refractivity contribution in [1.82, 2.24) is 0 Å². The van der Waals surface area contributed by atoms with Crippen molar-refractivity contribution in [2.75, 3.05) is 12.8 Å². The van der Waals surface area contributed by atoms with Crippen molar-refractivity contribution in [3.05, 3.63) is 57.6 Å². The van der Waals surface area contributed by atoms with Gasteiger partial charge in [-0.1, -0.05) is 17.7 Å². The number of rotatable bonds is 3. The van der Waals surface area contributed by atoms with Crippen LogP contribution in [0.5, 0.6) is 5.75 Å². The predicted molar refractivity (Wildman–Crippen MR) is 82.4 cm³/mol. The number of hydrogen-bond donors (Lipinski definition) is 2. The lowest BCUT2D eigenvalue weighted by atomic mass is 9.94. The molecule has 0 fully saturated rings. The first-order valence-electron chi connectivity index (χ1n) is 6.32. The van der Waals surface area contributed by atoms with E-state index < -0.39 is 6.10 Å².